The molecule has 0 bridgehead atoms. The van der Waals surface area contributed by atoms with Crippen LogP contribution in [0.15, 0.2) is 30.3 Å². The molecule has 1 heterocycles. The maximum Gasteiger partial charge on any atom is 0.416 e. The molecule has 1 N–H and O–H groups in total. The van der Waals surface area contributed by atoms with E-state index in [9.17, 15) is 13.2 Å². The zero-order valence-electron chi connectivity index (χ0n) is 10.6. The van der Waals surface area contributed by atoms with Crippen LogP contribution in [0.2, 0.25) is 0 Å². The molecule has 0 amide bonds. The normalized spacial score (nSPS) is 23.6. The van der Waals surface area contributed by atoms with Gasteiger partial charge in [-0.2, -0.15) is 13.2 Å². The predicted molar refractivity (Wildman–Crippen MR) is 73.2 cm³/mol. The zero-order chi connectivity index (χ0) is 13.2. The highest BCUT2D eigenvalue weighted by Crippen LogP contribution is 2.29. The fourth-order valence-corrected chi connectivity index (χ4v) is 2.11. The highest BCUT2D eigenvalue weighted by Gasteiger charge is 2.29. The van der Waals surface area contributed by atoms with Crippen molar-refractivity contribution in [1.82, 2.24) is 5.32 Å². The first kappa shape index (κ1) is 16.1. The number of alkyl halides is 3. The molecule has 0 spiro atoms. The van der Waals surface area contributed by atoms with E-state index in [4.69, 9.17) is 0 Å². The van der Waals surface area contributed by atoms with E-state index in [1.165, 1.54) is 12.1 Å². The number of rotatable bonds is 2. The monoisotopic (exact) mass is 291 g/mol. The van der Waals surface area contributed by atoms with Crippen molar-refractivity contribution in [2.75, 3.05) is 13.1 Å². The number of benzene rings is 1. The molecule has 2 rings (SSSR count). The summed E-state index contributed by atoms with van der Waals surface area (Å²) in [6.45, 7) is 4.11. The Balaban J connectivity index is 0.00000180. The minimum atomic E-state index is -4.26. The van der Waals surface area contributed by atoms with Crippen molar-refractivity contribution in [3.8, 4) is 0 Å². The van der Waals surface area contributed by atoms with Crippen LogP contribution in [-0.4, -0.2) is 13.1 Å². The Hall–Kier alpha value is -1.00. The van der Waals surface area contributed by atoms with Crippen molar-refractivity contribution in [2.45, 2.75) is 13.1 Å². The molecule has 1 aromatic carbocycles. The Bertz CT molecular complexity index is 425. The first-order valence-electron chi connectivity index (χ1n) is 6.03. The Kier molecular flexibility index (Phi) is 5.44. The van der Waals surface area contributed by atoms with E-state index in [1.807, 2.05) is 6.08 Å². The van der Waals surface area contributed by atoms with Gasteiger partial charge in [0.2, 0.25) is 0 Å². The van der Waals surface area contributed by atoms with Crippen LogP contribution in [0, 0.1) is 11.8 Å². The molecule has 19 heavy (non-hydrogen) atoms. The van der Waals surface area contributed by atoms with E-state index in [0.717, 1.165) is 30.8 Å². The van der Waals surface area contributed by atoms with Gasteiger partial charge in [0.15, 0.2) is 0 Å². The summed E-state index contributed by atoms with van der Waals surface area (Å²) < 4.78 is 37.1. The average Bonchev–Trinajstić information content (AvgIpc) is 2.72. The summed E-state index contributed by atoms with van der Waals surface area (Å²) in [6.07, 6.45) is -0.284. The smallest absolute Gasteiger partial charge is 0.316 e. The lowest BCUT2D eigenvalue weighted by atomic mass is 9.97. The molecule has 0 radical (unpaired) electrons. The van der Waals surface area contributed by atoms with Gasteiger partial charge in [0.25, 0.3) is 0 Å². The van der Waals surface area contributed by atoms with Crippen LogP contribution in [0.4, 0.5) is 13.2 Å². The molecule has 106 valence electrons. The first-order chi connectivity index (χ1) is 8.47. The lowest BCUT2D eigenvalue weighted by Gasteiger charge is -2.08. The molecule has 1 aromatic rings. The summed E-state index contributed by atoms with van der Waals surface area (Å²) in [5.41, 5.74) is 0.206. The Labute approximate surface area is 117 Å². The summed E-state index contributed by atoms with van der Waals surface area (Å²) in [5.74, 6) is 1.04. The molecular formula is C14H17ClF3N. The summed E-state index contributed by atoms with van der Waals surface area (Å²) >= 11 is 0. The third-order valence-electron chi connectivity index (χ3n) is 3.35. The van der Waals surface area contributed by atoms with Crippen LogP contribution in [0.3, 0.4) is 0 Å². The van der Waals surface area contributed by atoms with Gasteiger partial charge in [0.1, 0.15) is 0 Å². The standard InChI is InChI=1S/C14H16F3N.ClH/c1-10-8-18-9-12(10)5-2-11-3-6-13(7-4-11)14(15,16)17;/h2-7,10,12,18H,8-9H2,1H3;1H/b5-2+;. The molecule has 1 fully saturated rings. The SMILES string of the molecule is CC1CNCC1/C=C/c1ccc(C(F)(F)F)cc1.Cl. The van der Waals surface area contributed by atoms with E-state index in [1.54, 1.807) is 0 Å². The minimum Gasteiger partial charge on any atom is -0.316 e. The number of nitrogens with one attached hydrogen (secondary N) is 1. The highest BCUT2D eigenvalue weighted by molar-refractivity contribution is 5.85. The topological polar surface area (TPSA) is 12.0 Å². The molecule has 1 nitrogen and oxygen atoms in total. The molecule has 5 heteroatoms. The zero-order valence-corrected chi connectivity index (χ0v) is 11.4. The quantitative estimate of drug-likeness (QED) is 0.868. The van der Waals surface area contributed by atoms with Gasteiger partial charge in [-0.05, 0) is 36.1 Å². The summed E-state index contributed by atoms with van der Waals surface area (Å²) in [4.78, 5) is 0. The Morgan fingerprint density at radius 3 is 2.26 bits per heavy atom. The summed E-state index contributed by atoms with van der Waals surface area (Å²) in [6, 6.07) is 5.25. The second-order valence-electron chi connectivity index (χ2n) is 4.78. The number of halogens is 4. The molecule has 2 unspecified atom stereocenters. The Morgan fingerprint density at radius 2 is 1.79 bits per heavy atom. The third kappa shape index (κ3) is 4.25. The fraction of sp³-hybridized carbons (Fsp3) is 0.429. The molecular weight excluding hydrogens is 275 g/mol. The van der Waals surface area contributed by atoms with Crippen LogP contribution in [0.25, 0.3) is 6.08 Å². The third-order valence-corrected chi connectivity index (χ3v) is 3.35. The second kappa shape index (κ2) is 6.44. The van der Waals surface area contributed by atoms with Gasteiger partial charge >= 0.3 is 6.18 Å². The fourth-order valence-electron chi connectivity index (χ4n) is 2.11. The summed E-state index contributed by atoms with van der Waals surface area (Å²) in [5, 5.41) is 3.29. The van der Waals surface area contributed by atoms with E-state index in [0.29, 0.717) is 11.8 Å². The Morgan fingerprint density at radius 1 is 1.16 bits per heavy atom. The van der Waals surface area contributed by atoms with Crippen LogP contribution in [0.5, 0.6) is 0 Å². The minimum absolute atomic E-state index is 0. The molecule has 2 atom stereocenters. The molecule has 0 aliphatic carbocycles. The van der Waals surface area contributed by atoms with Gasteiger partial charge in [-0.3, -0.25) is 0 Å². The van der Waals surface area contributed by atoms with Crippen molar-refractivity contribution < 1.29 is 13.2 Å². The van der Waals surface area contributed by atoms with Gasteiger partial charge in [-0.1, -0.05) is 31.2 Å². The van der Waals surface area contributed by atoms with Crippen LogP contribution in [-0.2, 0) is 6.18 Å². The molecule has 1 saturated heterocycles. The van der Waals surface area contributed by atoms with Crippen molar-refractivity contribution >= 4 is 18.5 Å². The lowest BCUT2D eigenvalue weighted by Crippen LogP contribution is -2.07. The van der Waals surface area contributed by atoms with E-state index < -0.39 is 11.7 Å². The molecule has 1 aliphatic heterocycles. The van der Waals surface area contributed by atoms with Crippen LogP contribution in [0.1, 0.15) is 18.1 Å². The van der Waals surface area contributed by atoms with Gasteiger partial charge in [0.05, 0.1) is 5.56 Å². The largest absolute Gasteiger partial charge is 0.416 e. The lowest BCUT2D eigenvalue weighted by molar-refractivity contribution is -0.137. The van der Waals surface area contributed by atoms with Gasteiger partial charge in [-0.15, -0.1) is 12.4 Å². The molecule has 0 saturated carbocycles. The van der Waals surface area contributed by atoms with E-state index in [-0.39, 0.29) is 12.4 Å². The van der Waals surface area contributed by atoms with Gasteiger partial charge in [-0.25, -0.2) is 0 Å². The maximum atomic E-state index is 12.4. The van der Waals surface area contributed by atoms with E-state index in [2.05, 4.69) is 18.3 Å². The van der Waals surface area contributed by atoms with Crippen LogP contribution >= 0.6 is 12.4 Å². The number of hydrogen-bond acceptors (Lipinski definition) is 1. The average molecular weight is 292 g/mol. The molecule has 0 aromatic heterocycles. The van der Waals surface area contributed by atoms with Crippen molar-refractivity contribution in [2.24, 2.45) is 11.8 Å². The molecule has 1 aliphatic rings. The first-order valence-corrected chi connectivity index (χ1v) is 6.03. The van der Waals surface area contributed by atoms with Crippen molar-refractivity contribution in [3.63, 3.8) is 0 Å². The maximum absolute atomic E-state index is 12.4. The van der Waals surface area contributed by atoms with Gasteiger partial charge in [0, 0.05) is 6.54 Å². The number of hydrogen-bond donors (Lipinski definition) is 1. The predicted octanol–water partition coefficient (Wildman–Crippen LogP) is 4.00. The highest BCUT2D eigenvalue weighted by atomic mass is 35.5. The second-order valence-corrected chi connectivity index (χ2v) is 4.78. The van der Waals surface area contributed by atoms with Gasteiger partial charge < -0.3 is 5.32 Å². The van der Waals surface area contributed by atoms with Crippen LogP contribution < -0.4 is 5.32 Å². The van der Waals surface area contributed by atoms with E-state index >= 15 is 0 Å². The van der Waals surface area contributed by atoms with Crippen molar-refractivity contribution in [3.05, 3.63) is 41.5 Å². The van der Waals surface area contributed by atoms with Crippen molar-refractivity contribution in [1.29, 1.82) is 0 Å². The summed E-state index contributed by atoms with van der Waals surface area (Å²) in [7, 11) is 0.